The van der Waals surface area contributed by atoms with Crippen molar-refractivity contribution in [2.24, 2.45) is 4.99 Å². The van der Waals surface area contributed by atoms with E-state index in [9.17, 15) is 4.79 Å². The quantitative estimate of drug-likeness (QED) is 0.668. The molecule has 0 N–H and O–H groups in total. The number of nitrogens with zero attached hydrogens (tertiary/aromatic N) is 1. The first kappa shape index (κ1) is 7.95. The fraction of sp³-hybridized carbons (Fsp3) is 0. The first-order valence-electron chi connectivity index (χ1n) is 3.27. The lowest BCUT2D eigenvalue weighted by Crippen LogP contribution is -2.21. The summed E-state index contributed by atoms with van der Waals surface area (Å²) < 4.78 is 0.893. The van der Waals surface area contributed by atoms with Crippen molar-refractivity contribution in [2.45, 2.75) is 0 Å². The van der Waals surface area contributed by atoms with Crippen LogP contribution in [0.1, 0.15) is 0 Å². The monoisotopic (exact) mass is 243 g/mol. The van der Waals surface area contributed by atoms with Crippen molar-refractivity contribution in [1.29, 1.82) is 0 Å². The Labute approximate surface area is 81.7 Å². The van der Waals surface area contributed by atoms with Gasteiger partial charge in [0.15, 0.2) is 0 Å². The molecule has 0 fully saturated rings. The van der Waals surface area contributed by atoms with Crippen LogP contribution in [0.5, 0.6) is 0 Å². The Hall–Kier alpha value is -0.670. The van der Waals surface area contributed by atoms with Gasteiger partial charge in [0.2, 0.25) is 0 Å². The molecule has 0 saturated heterocycles. The molecular formula is C8H3BrClNO. The van der Waals surface area contributed by atoms with Gasteiger partial charge in [0.1, 0.15) is 5.03 Å². The minimum atomic E-state index is -0.357. The molecule has 0 spiro atoms. The summed E-state index contributed by atoms with van der Waals surface area (Å²) in [5.74, 6) is -0.357. The normalized spacial score (nSPS) is 14.5. The molecule has 0 aliphatic carbocycles. The van der Waals surface area contributed by atoms with Crippen LogP contribution >= 0.6 is 27.5 Å². The number of rotatable bonds is 0. The fourth-order valence-corrected chi connectivity index (χ4v) is 1.61. The minimum absolute atomic E-state index is 0.206. The van der Waals surface area contributed by atoms with Crippen LogP contribution in [0.2, 0.25) is 0 Å². The Morgan fingerprint density at radius 3 is 2.92 bits per heavy atom. The molecule has 0 unspecified atom stereocenters. The van der Waals surface area contributed by atoms with Crippen molar-refractivity contribution in [2.75, 3.05) is 0 Å². The molecular weight excluding hydrogens is 241 g/mol. The third-order valence-corrected chi connectivity index (χ3v) is 2.46. The minimum Gasteiger partial charge on any atom is -0.266 e. The Kier molecular flexibility index (Phi) is 1.77. The summed E-state index contributed by atoms with van der Waals surface area (Å²) in [6.45, 7) is 0. The van der Waals surface area contributed by atoms with Crippen LogP contribution in [0.3, 0.4) is 0 Å². The molecule has 4 heteroatoms. The predicted octanol–water partition coefficient (Wildman–Crippen LogP) is 0.956. The van der Waals surface area contributed by atoms with Crippen LogP contribution in [0, 0.1) is 0 Å². The molecule has 0 bridgehead atoms. The van der Waals surface area contributed by atoms with Crippen LogP contribution in [-0.2, 0) is 4.79 Å². The van der Waals surface area contributed by atoms with E-state index in [4.69, 9.17) is 11.6 Å². The summed E-state index contributed by atoms with van der Waals surface area (Å²) in [6, 6.07) is 5.37. The molecule has 1 aromatic carbocycles. The molecule has 1 amide bonds. The van der Waals surface area contributed by atoms with Gasteiger partial charge >= 0.3 is 0 Å². The predicted molar refractivity (Wildman–Crippen MR) is 49.2 cm³/mol. The summed E-state index contributed by atoms with van der Waals surface area (Å²) in [5.41, 5.74) is 0. The molecule has 0 radical (unpaired) electrons. The average molecular weight is 244 g/mol. The second kappa shape index (κ2) is 2.68. The maximum atomic E-state index is 11.0. The number of carbonyl (C=O) groups excluding carboxylic acids is 1. The van der Waals surface area contributed by atoms with Gasteiger partial charge < -0.3 is 0 Å². The molecule has 0 saturated carbocycles. The Balaban J connectivity index is 2.94. The van der Waals surface area contributed by atoms with E-state index < -0.39 is 0 Å². The second-order valence-corrected chi connectivity index (χ2v) is 3.69. The lowest BCUT2D eigenvalue weighted by atomic mass is 10.3. The fourth-order valence-electron chi connectivity index (χ4n) is 1.06. The van der Waals surface area contributed by atoms with Crippen molar-refractivity contribution < 1.29 is 4.79 Å². The van der Waals surface area contributed by atoms with Crippen molar-refractivity contribution >= 4 is 38.5 Å². The summed E-state index contributed by atoms with van der Waals surface area (Å²) in [7, 11) is 0. The Morgan fingerprint density at radius 1 is 1.42 bits per heavy atom. The van der Waals surface area contributed by atoms with Gasteiger partial charge in [-0.2, -0.15) is 0 Å². The van der Waals surface area contributed by atoms with Crippen LogP contribution in [0.25, 0.3) is 5.03 Å². The standard InChI is InChI=1S/C8H3BrClNO/c9-4-1-2-5-6(3-4)11-8(12)7(5)10/h1-3H. The number of benzene rings is 1. The second-order valence-electron chi connectivity index (χ2n) is 2.39. The molecule has 60 valence electrons. The van der Waals surface area contributed by atoms with Gasteiger partial charge in [-0.25, -0.2) is 4.99 Å². The summed E-state index contributed by atoms with van der Waals surface area (Å²) in [5, 5.41) is 1.56. The van der Waals surface area contributed by atoms with Crippen LogP contribution in [0.4, 0.5) is 0 Å². The van der Waals surface area contributed by atoms with Crippen molar-refractivity contribution in [3.05, 3.63) is 33.2 Å². The van der Waals surface area contributed by atoms with E-state index in [-0.39, 0.29) is 10.9 Å². The van der Waals surface area contributed by atoms with Gasteiger partial charge in [0.05, 0.1) is 5.36 Å². The number of hydrogen-bond acceptors (Lipinski definition) is 1. The number of hydrogen-bond donors (Lipinski definition) is 0. The molecule has 12 heavy (non-hydrogen) atoms. The Bertz CT molecular complexity index is 480. The number of fused-ring (bicyclic) bond motifs is 1. The molecule has 1 aliphatic heterocycles. The number of carbonyl (C=O) groups is 1. The summed E-state index contributed by atoms with van der Waals surface area (Å²) >= 11 is 8.98. The smallest absolute Gasteiger partial charge is 0.266 e. The van der Waals surface area contributed by atoms with Crippen LogP contribution in [-0.4, -0.2) is 5.91 Å². The van der Waals surface area contributed by atoms with E-state index in [1.165, 1.54) is 0 Å². The molecule has 0 atom stereocenters. The molecule has 1 heterocycles. The van der Waals surface area contributed by atoms with Gasteiger partial charge in [0, 0.05) is 9.69 Å². The molecule has 0 aromatic heterocycles. The van der Waals surface area contributed by atoms with Gasteiger partial charge in [-0.1, -0.05) is 27.5 Å². The van der Waals surface area contributed by atoms with Gasteiger partial charge in [-0.3, -0.25) is 4.79 Å². The molecule has 2 nitrogen and oxygen atoms in total. The maximum Gasteiger partial charge on any atom is 0.289 e. The lowest BCUT2D eigenvalue weighted by Gasteiger charge is -1.85. The topological polar surface area (TPSA) is 29.4 Å². The Morgan fingerprint density at radius 2 is 2.17 bits per heavy atom. The van der Waals surface area contributed by atoms with E-state index >= 15 is 0 Å². The maximum absolute atomic E-state index is 11.0. The van der Waals surface area contributed by atoms with E-state index in [0.717, 1.165) is 4.47 Å². The first-order chi connectivity index (χ1) is 5.68. The molecule has 2 rings (SSSR count). The van der Waals surface area contributed by atoms with E-state index in [2.05, 4.69) is 20.9 Å². The zero-order chi connectivity index (χ0) is 8.72. The van der Waals surface area contributed by atoms with E-state index in [0.29, 0.717) is 10.6 Å². The van der Waals surface area contributed by atoms with E-state index in [1.807, 2.05) is 6.07 Å². The largest absolute Gasteiger partial charge is 0.289 e. The number of amides is 1. The third kappa shape index (κ3) is 1.09. The van der Waals surface area contributed by atoms with Gasteiger partial charge in [-0.15, -0.1) is 0 Å². The number of halogens is 2. The van der Waals surface area contributed by atoms with Crippen LogP contribution in [0.15, 0.2) is 27.7 Å². The zero-order valence-electron chi connectivity index (χ0n) is 5.84. The highest BCUT2D eigenvalue weighted by Gasteiger charge is 2.12. The van der Waals surface area contributed by atoms with Crippen molar-refractivity contribution in [3.63, 3.8) is 0 Å². The van der Waals surface area contributed by atoms with Crippen molar-refractivity contribution in [3.8, 4) is 0 Å². The molecule has 1 aliphatic rings. The highest BCUT2D eigenvalue weighted by Crippen LogP contribution is 2.08. The highest BCUT2D eigenvalue weighted by atomic mass is 79.9. The third-order valence-electron chi connectivity index (χ3n) is 1.61. The molecule has 1 aromatic rings. The van der Waals surface area contributed by atoms with Crippen LogP contribution < -0.4 is 10.6 Å². The first-order valence-corrected chi connectivity index (χ1v) is 4.44. The van der Waals surface area contributed by atoms with Gasteiger partial charge in [0.25, 0.3) is 5.91 Å². The van der Waals surface area contributed by atoms with Crippen molar-refractivity contribution in [1.82, 2.24) is 0 Å². The highest BCUT2D eigenvalue weighted by molar-refractivity contribution is 9.10. The lowest BCUT2D eigenvalue weighted by molar-refractivity contribution is -0.112. The van der Waals surface area contributed by atoms with Gasteiger partial charge in [-0.05, 0) is 18.2 Å². The summed E-state index contributed by atoms with van der Waals surface area (Å²) in [6.07, 6.45) is 0. The SMILES string of the molecule is O=C1N=c2cc(Br)ccc2=C1Cl. The summed E-state index contributed by atoms with van der Waals surface area (Å²) in [4.78, 5) is 14.7. The zero-order valence-corrected chi connectivity index (χ0v) is 8.19. The average Bonchev–Trinajstić information content (AvgIpc) is 2.28. The van der Waals surface area contributed by atoms with E-state index in [1.54, 1.807) is 12.1 Å².